The zero-order valence-corrected chi connectivity index (χ0v) is 13.1. The van der Waals surface area contributed by atoms with Crippen LogP contribution in [0, 0.1) is 0 Å². The third-order valence-corrected chi connectivity index (χ3v) is 4.44. The van der Waals surface area contributed by atoms with E-state index in [0.717, 1.165) is 22.5 Å². The lowest BCUT2D eigenvalue weighted by atomic mass is 10.0. The molecule has 1 fully saturated rings. The summed E-state index contributed by atoms with van der Waals surface area (Å²) in [7, 11) is 2.01. The minimum absolute atomic E-state index is 0.339. The standard InChI is InChI=1S/C14H20BrClN2/c1-17-14(6-9-18-7-2-3-8-18)12-5-4-11(15)10-13(12)16/h4-5,10,14,17H,2-3,6-9H2,1H3. The van der Waals surface area contributed by atoms with Crippen LogP contribution in [0.4, 0.5) is 0 Å². The molecule has 0 spiro atoms. The number of hydrogen-bond donors (Lipinski definition) is 1. The smallest absolute Gasteiger partial charge is 0.0465 e. The monoisotopic (exact) mass is 330 g/mol. The van der Waals surface area contributed by atoms with Gasteiger partial charge >= 0.3 is 0 Å². The van der Waals surface area contributed by atoms with E-state index in [2.05, 4.69) is 38.3 Å². The van der Waals surface area contributed by atoms with E-state index in [4.69, 9.17) is 11.6 Å². The quantitative estimate of drug-likeness (QED) is 0.881. The molecule has 1 aliphatic heterocycles. The SMILES string of the molecule is CNC(CCN1CCCC1)c1ccc(Br)cc1Cl. The molecule has 1 aliphatic rings. The highest BCUT2D eigenvalue weighted by Crippen LogP contribution is 2.28. The Bertz CT molecular complexity index is 391. The van der Waals surface area contributed by atoms with Crippen LogP contribution < -0.4 is 5.32 Å². The van der Waals surface area contributed by atoms with Crippen LogP contribution in [0.1, 0.15) is 30.9 Å². The van der Waals surface area contributed by atoms with Gasteiger partial charge in [-0.05, 0) is 63.6 Å². The van der Waals surface area contributed by atoms with E-state index in [9.17, 15) is 0 Å². The fraction of sp³-hybridized carbons (Fsp3) is 0.571. The van der Waals surface area contributed by atoms with Crippen molar-refractivity contribution < 1.29 is 0 Å². The van der Waals surface area contributed by atoms with Crippen LogP contribution in [0.25, 0.3) is 0 Å². The number of halogens is 2. The largest absolute Gasteiger partial charge is 0.313 e. The highest BCUT2D eigenvalue weighted by molar-refractivity contribution is 9.10. The van der Waals surface area contributed by atoms with Gasteiger partial charge in [0.05, 0.1) is 0 Å². The van der Waals surface area contributed by atoms with E-state index in [-0.39, 0.29) is 0 Å². The van der Waals surface area contributed by atoms with Crippen molar-refractivity contribution in [3.8, 4) is 0 Å². The van der Waals surface area contributed by atoms with Crippen LogP contribution in [0.3, 0.4) is 0 Å². The Labute approximate surface area is 123 Å². The van der Waals surface area contributed by atoms with Crippen LogP contribution in [-0.2, 0) is 0 Å². The zero-order valence-electron chi connectivity index (χ0n) is 10.8. The minimum Gasteiger partial charge on any atom is -0.313 e. The van der Waals surface area contributed by atoms with Crippen LogP contribution in [0.15, 0.2) is 22.7 Å². The van der Waals surface area contributed by atoms with Gasteiger partial charge in [0.1, 0.15) is 0 Å². The highest BCUT2D eigenvalue weighted by Gasteiger charge is 2.16. The molecule has 0 saturated carbocycles. The summed E-state index contributed by atoms with van der Waals surface area (Å²) in [6, 6.07) is 6.47. The Kier molecular flexibility index (Phi) is 5.49. The minimum atomic E-state index is 0.339. The number of rotatable bonds is 5. The third-order valence-electron chi connectivity index (χ3n) is 3.62. The topological polar surface area (TPSA) is 15.3 Å². The summed E-state index contributed by atoms with van der Waals surface area (Å²) in [6.07, 6.45) is 3.81. The second kappa shape index (κ2) is 6.90. The van der Waals surface area contributed by atoms with Gasteiger partial charge in [0, 0.05) is 15.5 Å². The molecule has 0 amide bonds. The molecular formula is C14H20BrClN2. The molecule has 1 saturated heterocycles. The molecule has 1 aromatic carbocycles. The molecule has 1 unspecified atom stereocenters. The van der Waals surface area contributed by atoms with E-state index >= 15 is 0 Å². The lowest BCUT2D eigenvalue weighted by Gasteiger charge is -2.22. The van der Waals surface area contributed by atoms with E-state index in [1.54, 1.807) is 0 Å². The first kappa shape index (κ1) is 14.3. The van der Waals surface area contributed by atoms with E-state index in [1.165, 1.54) is 31.5 Å². The molecule has 2 nitrogen and oxygen atoms in total. The average Bonchev–Trinajstić information content (AvgIpc) is 2.85. The van der Waals surface area contributed by atoms with Crippen LogP contribution in [-0.4, -0.2) is 31.6 Å². The maximum absolute atomic E-state index is 6.31. The predicted octanol–water partition coefficient (Wildman–Crippen LogP) is 3.85. The van der Waals surface area contributed by atoms with Crippen LogP contribution in [0.2, 0.25) is 5.02 Å². The number of hydrogen-bond acceptors (Lipinski definition) is 2. The fourth-order valence-corrected chi connectivity index (χ4v) is 3.36. The molecule has 0 bridgehead atoms. The Morgan fingerprint density at radius 3 is 2.72 bits per heavy atom. The number of benzene rings is 1. The molecule has 0 radical (unpaired) electrons. The van der Waals surface area contributed by atoms with Crippen molar-refractivity contribution in [2.45, 2.75) is 25.3 Å². The molecule has 2 rings (SSSR count). The first-order chi connectivity index (χ1) is 8.70. The van der Waals surface area contributed by atoms with E-state index < -0.39 is 0 Å². The highest BCUT2D eigenvalue weighted by atomic mass is 79.9. The molecule has 1 N–H and O–H groups in total. The Morgan fingerprint density at radius 2 is 2.11 bits per heavy atom. The van der Waals surface area contributed by atoms with Crippen molar-refractivity contribution in [1.29, 1.82) is 0 Å². The normalized spacial score (nSPS) is 18.2. The zero-order chi connectivity index (χ0) is 13.0. The van der Waals surface area contributed by atoms with Gasteiger partial charge in [0.25, 0.3) is 0 Å². The summed E-state index contributed by atoms with van der Waals surface area (Å²) < 4.78 is 1.03. The van der Waals surface area contributed by atoms with Crippen molar-refractivity contribution in [2.24, 2.45) is 0 Å². The van der Waals surface area contributed by atoms with E-state index in [1.807, 2.05) is 13.1 Å². The second-order valence-electron chi connectivity index (χ2n) is 4.84. The van der Waals surface area contributed by atoms with Gasteiger partial charge in [0.15, 0.2) is 0 Å². The number of nitrogens with zero attached hydrogens (tertiary/aromatic N) is 1. The first-order valence-electron chi connectivity index (χ1n) is 6.55. The van der Waals surface area contributed by atoms with Crippen LogP contribution in [0.5, 0.6) is 0 Å². The Morgan fingerprint density at radius 1 is 1.39 bits per heavy atom. The van der Waals surface area contributed by atoms with Gasteiger partial charge in [-0.1, -0.05) is 33.6 Å². The molecular weight excluding hydrogens is 312 g/mol. The maximum Gasteiger partial charge on any atom is 0.0465 e. The van der Waals surface area contributed by atoms with Crippen molar-refractivity contribution in [1.82, 2.24) is 10.2 Å². The summed E-state index contributed by atoms with van der Waals surface area (Å²) in [4.78, 5) is 2.54. The van der Waals surface area contributed by atoms with Crippen LogP contribution >= 0.6 is 27.5 Å². The van der Waals surface area contributed by atoms with Crippen molar-refractivity contribution in [2.75, 3.05) is 26.7 Å². The molecule has 18 heavy (non-hydrogen) atoms. The Balaban J connectivity index is 1.98. The Hall–Kier alpha value is -0.0900. The van der Waals surface area contributed by atoms with Gasteiger partial charge in [-0.3, -0.25) is 0 Å². The summed E-state index contributed by atoms with van der Waals surface area (Å²) in [6.45, 7) is 3.66. The third kappa shape index (κ3) is 3.70. The lowest BCUT2D eigenvalue weighted by molar-refractivity contribution is 0.314. The van der Waals surface area contributed by atoms with Gasteiger partial charge in [0.2, 0.25) is 0 Å². The summed E-state index contributed by atoms with van der Waals surface area (Å²) in [5.74, 6) is 0. The molecule has 0 aliphatic carbocycles. The molecule has 1 atom stereocenters. The molecule has 1 aromatic rings. The molecule has 4 heteroatoms. The second-order valence-corrected chi connectivity index (χ2v) is 6.17. The predicted molar refractivity (Wildman–Crippen MR) is 81.2 cm³/mol. The molecule has 100 valence electrons. The van der Waals surface area contributed by atoms with Crippen molar-refractivity contribution in [3.05, 3.63) is 33.3 Å². The number of nitrogens with one attached hydrogen (secondary N) is 1. The molecule has 1 heterocycles. The van der Waals surface area contributed by atoms with Gasteiger partial charge in [-0.15, -0.1) is 0 Å². The van der Waals surface area contributed by atoms with E-state index in [0.29, 0.717) is 6.04 Å². The van der Waals surface area contributed by atoms with Gasteiger partial charge in [-0.25, -0.2) is 0 Å². The summed E-state index contributed by atoms with van der Waals surface area (Å²) in [5.41, 5.74) is 1.20. The van der Waals surface area contributed by atoms with Gasteiger partial charge < -0.3 is 10.2 Å². The van der Waals surface area contributed by atoms with Gasteiger partial charge in [-0.2, -0.15) is 0 Å². The molecule has 0 aromatic heterocycles. The summed E-state index contributed by atoms with van der Waals surface area (Å²) >= 11 is 9.76. The average molecular weight is 332 g/mol. The van der Waals surface area contributed by atoms with Crippen molar-refractivity contribution in [3.63, 3.8) is 0 Å². The van der Waals surface area contributed by atoms with Crippen molar-refractivity contribution >= 4 is 27.5 Å². The maximum atomic E-state index is 6.31. The lowest BCUT2D eigenvalue weighted by Crippen LogP contribution is -2.26. The number of likely N-dealkylation sites (tertiary alicyclic amines) is 1. The fourth-order valence-electron chi connectivity index (χ4n) is 2.56. The first-order valence-corrected chi connectivity index (χ1v) is 7.72. The summed E-state index contributed by atoms with van der Waals surface area (Å²) in [5, 5.41) is 4.21.